The summed E-state index contributed by atoms with van der Waals surface area (Å²) in [4.78, 5) is 34.3. The standard InChI is InChI=1S/C23H32FN5O2/c1-15-12-27(17-9-4-3-5-10-17)22-25-20-19(28(22)13-15)21(30)29(23(31)26(20)2)14-16-8-6-7-11-18(16)24/h6-8,11,15,17,19-20,22,25H,3-5,9-10,12-14H2,1-2H3. The molecule has 4 unspecified atom stereocenters. The zero-order chi connectivity index (χ0) is 21.7. The van der Waals surface area contributed by atoms with Gasteiger partial charge in [-0.25, -0.2) is 9.18 Å². The number of halogens is 1. The normalized spacial score (nSPS) is 33.0. The molecule has 1 aliphatic carbocycles. The molecule has 31 heavy (non-hydrogen) atoms. The van der Waals surface area contributed by atoms with Gasteiger partial charge in [0, 0.05) is 31.7 Å². The zero-order valence-corrected chi connectivity index (χ0v) is 18.3. The summed E-state index contributed by atoms with van der Waals surface area (Å²) in [6.45, 7) is 4.00. The van der Waals surface area contributed by atoms with Crippen LogP contribution in [0.3, 0.4) is 0 Å². The summed E-state index contributed by atoms with van der Waals surface area (Å²) in [5.74, 6) is -0.191. The summed E-state index contributed by atoms with van der Waals surface area (Å²) in [5, 5.41) is 3.60. The highest BCUT2D eigenvalue weighted by Crippen LogP contribution is 2.36. The van der Waals surface area contributed by atoms with Gasteiger partial charge in [0.25, 0.3) is 5.91 Å². The topological polar surface area (TPSA) is 59.1 Å². The first-order chi connectivity index (χ1) is 15.0. The van der Waals surface area contributed by atoms with Crippen molar-refractivity contribution in [2.45, 2.75) is 70.1 Å². The number of carbonyl (C=O) groups excluding carboxylic acids is 2. The Labute approximate surface area is 183 Å². The highest BCUT2D eigenvalue weighted by Gasteiger charge is 2.57. The van der Waals surface area contributed by atoms with Gasteiger partial charge in [-0.15, -0.1) is 0 Å². The molecule has 3 heterocycles. The number of nitrogens with one attached hydrogen (secondary N) is 1. The lowest BCUT2D eigenvalue weighted by Crippen LogP contribution is -2.66. The van der Waals surface area contributed by atoms with Crippen molar-refractivity contribution in [2.75, 3.05) is 20.1 Å². The molecule has 168 valence electrons. The largest absolute Gasteiger partial charge is 0.328 e. The minimum atomic E-state index is -0.451. The number of benzene rings is 1. The third kappa shape index (κ3) is 3.54. The van der Waals surface area contributed by atoms with Gasteiger partial charge in [0.05, 0.1) is 6.54 Å². The Kier molecular flexibility index (Phi) is 5.48. The quantitative estimate of drug-likeness (QED) is 0.800. The van der Waals surface area contributed by atoms with Crippen LogP contribution >= 0.6 is 0 Å². The van der Waals surface area contributed by atoms with Crippen LogP contribution in [0.5, 0.6) is 0 Å². The predicted molar refractivity (Wildman–Crippen MR) is 114 cm³/mol. The lowest BCUT2D eigenvalue weighted by atomic mass is 9.92. The zero-order valence-electron chi connectivity index (χ0n) is 18.3. The van der Waals surface area contributed by atoms with E-state index in [-0.39, 0.29) is 30.9 Å². The molecule has 7 nitrogen and oxygen atoms in total. The number of hydrogen-bond donors (Lipinski definition) is 1. The van der Waals surface area contributed by atoms with Crippen molar-refractivity contribution in [3.05, 3.63) is 35.6 Å². The van der Waals surface area contributed by atoms with E-state index in [2.05, 4.69) is 22.0 Å². The van der Waals surface area contributed by atoms with E-state index in [1.807, 2.05) is 0 Å². The summed E-state index contributed by atoms with van der Waals surface area (Å²) in [7, 11) is 1.74. The number of imide groups is 1. The minimum Gasteiger partial charge on any atom is -0.310 e. The average Bonchev–Trinajstić information content (AvgIpc) is 3.16. The monoisotopic (exact) mass is 429 g/mol. The van der Waals surface area contributed by atoms with Crippen LogP contribution in [0, 0.1) is 11.7 Å². The summed E-state index contributed by atoms with van der Waals surface area (Å²) in [5.41, 5.74) is 0.356. The second-order valence-electron chi connectivity index (χ2n) is 9.63. The molecule has 4 aliphatic rings. The van der Waals surface area contributed by atoms with Gasteiger partial charge in [0.1, 0.15) is 24.3 Å². The Morgan fingerprint density at radius 3 is 2.52 bits per heavy atom. The second kappa shape index (κ2) is 8.15. The van der Waals surface area contributed by atoms with Crippen LogP contribution in [0.15, 0.2) is 24.3 Å². The van der Waals surface area contributed by atoms with Gasteiger partial charge in [-0.05, 0) is 24.8 Å². The van der Waals surface area contributed by atoms with Crippen molar-refractivity contribution in [1.29, 1.82) is 0 Å². The molecule has 0 radical (unpaired) electrons. The molecule has 0 aromatic heterocycles. The number of rotatable bonds is 3. The third-order valence-electron chi connectivity index (χ3n) is 7.45. The fourth-order valence-corrected chi connectivity index (χ4v) is 5.92. The average molecular weight is 430 g/mol. The summed E-state index contributed by atoms with van der Waals surface area (Å²) >= 11 is 0. The molecule has 3 saturated heterocycles. The molecule has 1 N–H and O–H groups in total. The predicted octanol–water partition coefficient (Wildman–Crippen LogP) is 2.39. The lowest BCUT2D eigenvalue weighted by molar-refractivity contribution is -0.142. The van der Waals surface area contributed by atoms with Gasteiger partial charge >= 0.3 is 6.03 Å². The van der Waals surface area contributed by atoms with E-state index >= 15 is 0 Å². The molecule has 3 aliphatic heterocycles. The van der Waals surface area contributed by atoms with Crippen LogP contribution in [0.2, 0.25) is 0 Å². The van der Waals surface area contributed by atoms with E-state index in [0.29, 0.717) is 17.5 Å². The first-order valence-electron chi connectivity index (χ1n) is 11.5. The van der Waals surface area contributed by atoms with Gasteiger partial charge in [0.2, 0.25) is 0 Å². The van der Waals surface area contributed by atoms with Crippen LogP contribution < -0.4 is 5.32 Å². The van der Waals surface area contributed by atoms with E-state index < -0.39 is 11.9 Å². The van der Waals surface area contributed by atoms with E-state index in [4.69, 9.17) is 0 Å². The van der Waals surface area contributed by atoms with Crippen LogP contribution in [-0.2, 0) is 11.3 Å². The number of amides is 3. The summed E-state index contributed by atoms with van der Waals surface area (Å²) in [6, 6.07) is 6.02. The first kappa shape index (κ1) is 20.8. The van der Waals surface area contributed by atoms with E-state index in [0.717, 1.165) is 13.1 Å². The van der Waals surface area contributed by atoms with Gasteiger partial charge in [-0.1, -0.05) is 44.4 Å². The van der Waals surface area contributed by atoms with Crippen LogP contribution in [0.4, 0.5) is 9.18 Å². The minimum absolute atomic E-state index is 0.0399. The van der Waals surface area contributed by atoms with Gasteiger partial charge in [0.15, 0.2) is 0 Å². The van der Waals surface area contributed by atoms with Crippen molar-refractivity contribution in [3.8, 4) is 0 Å². The number of urea groups is 1. The molecule has 3 amide bonds. The smallest absolute Gasteiger partial charge is 0.310 e. The van der Waals surface area contributed by atoms with E-state index in [1.54, 1.807) is 30.1 Å². The highest BCUT2D eigenvalue weighted by atomic mass is 19.1. The number of fused-ring (bicyclic) bond motifs is 3. The SMILES string of the molecule is CC1CN(C2CCCCC2)C2NC3C(C(=O)N(Cc4ccccc4F)C(=O)N3C)N2C1. The molecular weight excluding hydrogens is 397 g/mol. The Morgan fingerprint density at radius 2 is 1.77 bits per heavy atom. The van der Waals surface area contributed by atoms with E-state index in [9.17, 15) is 14.0 Å². The molecule has 4 atom stereocenters. The third-order valence-corrected chi connectivity index (χ3v) is 7.45. The molecule has 5 rings (SSSR count). The number of nitrogens with zero attached hydrogens (tertiary/aromatic N) is 4. The van der Waals surface area contributed by atoms with Crippen molar-refractivity contribution in [1.82, 2.24) is 24.9 Å². The number of likely N-dealkylation sites (N-methyl/N-ethyl adjacent to an activating group) is 1. The van der Waals surface area contributed by atoms with Crippen molar-refractivity contribution < 1.29 is 14.0 Å². The molecule has 0 bridgehead atoms. The fraction of sp³-hybridized carbons (Fsp3) is 0.652. The van der Waals surface area contributed by atoms with Crippen molar-refractivity contribution in [3.63, 3.8) is 0 Å². The Hall–Kier alpha value is -2.03. The maximum Gasteiger partial charge on any atom is 0.328 e. The van der Waals surface area contributed by atoms with E-state index in [1.165, 1.54) is 43.1 Å². The highest BCUT2D eigenvalue weighted by molar-refractivity contribution is 6.00. The first-order valence-corrected chi connectivity index (χ1v) is 11.5. The molecule has 1 saturated carbocycles. The van der Waals surface area contributed by atoms with Gasteiger partial charge < -0.3 is 4.90 Å². The molecule has 4 fully saturated rings. The molecule has 0 spiro atoms. The van der Waals surface area contributed by atoms with Gasteiger partial charge in [-0.3, -0.25) is 24.8 Å². The Morgan fingerprint density at radius 1 is 1.06 bits per heavy atom. The Bertz CT molecular complexity index is 860. The maximum atomic E-state index is 14.2. The Balaban J connectivity index is 1.42. The van der Waals surface area contributed by atoms with Crippen molar-refractivity contribution in [2.24, 2.45) is 5.92 Å². The number of hydrogen-bond acceptors (Lipinski definition) is 5. The molecule has 1 aromatic carbocycles. The summed E-state index contributed by atoms with van der Waals surface area (Å²) < 4.78 is 14.2. The maximum absolute atomic E-state index is 14.2. The fourth-order valence-electron chi connectivity index (χ4n) is 5.92. The molecule has 1 aromatic rings. The number of carbonyl (C=O) groups is 2. The molecular formula is C23H32FN5O2. The summed E-state index contributed by atoms with van der Waals surface area (Å²) in [6.07, 6.45) is 5.78. The van der Waals surface area contributed by atoms with Crippen LogP contribution in [-0.4, -0.2) is 76.2 Å². The van der Waals surface area contributed by atoms with Crippen LogP contribution in [0.25, 0.3) is 0 Å². The van der Waals surface area contributed by atoms with Crippen molar-refractivity contribution >= 4 is 11.9 Å². The molecule has 8 heteroatoms. The second-order valence-corrected chi connectivity index (χ2v) is 9.63. The van der Waals surface area contributed by atoms with Crippen LogP contribution in [0.1, 0.15) is 44.6 Å². The lowest BCUT2D eigenvalue weighted by Gasteiger charge is -2.48. The van der Waals surface area contributed by atoms with Gasteiger partial charge in [-0.2, -0.15) is 0 Å².